The van der Waals surface area contributed by atoms with Crippen molar-refractivity contribution in [2.75, 3.05) is 6.67 Å². The standard InChI is InChI=1S/C11H11FN2O/c12-11-5-6-14(8-13-11)7-9-1-3-10(15)4-2-9/h1-6,15H,7-8H2. The van der Waals surface area contributed by atoms with Crippen molar-refractivity contribution in [2.45, 2.75) is 6.54 Å². The summed E-state index contributed by atoms with van der Waals surface area (Å²) < 4.78 is 12.6. The van der Waals surface area contributed by atoms with Crippen molar-refractivity contribution in [3.63, 3.8) is 0 Å². The summed E-state index contributed by atoms with van der Waals surface area (Å²) in [7, 11) is 0. The molecule has 1 aliphatic heterocycles. The van der Waals surface area contributed by atoms with Gasteiger partial charge in [-0.3, -0.25) is 0 Å². The number of phenolic OH excluding ortho intramolecular Hbond substituents is 1. The highest BCUT2D eigenvalue weighted by molar-refractivity contribution is 5.86. The highest BCUT2D eigenvalue weighted by atomic mass is 19.1. The first-order chi connectivity index (χ1) is 7.24. The van der Waals surface area contributed by atoms with Crippen molar-refractivity contribution in [1.82, 2.24) is 4.90 Å². The first kappa shape index (κ1) is 9.71. The summed E-state index contributed by atoms with van der Waals surface area (Å²) in [5.74, 6) is -0.186. The number of hydrogen-bond acceptors (Lipinski definition) is 3. The van der Waals surface area contributed by atoms with Crippen LogP contribution in [0.4, 0.5) is 4.39 Å². The maximum Gasteiger partial charge on any atom is 0.211 e. The van der Waals surface area contributed by atoms with Gasteiger partial charge in [-0.1, -0.05) is 12.1 Å². The van der Waals surface area contributed by atoms with Crippen LogP contribution in [0.1, 0.15) is 5.56 Å². The molecule has 0 radical (unpaired) electrons. The lowest BCUT2D eigenvalue weighted by Gasteiger charge is -2.20. The van der Waals surface area contributed by atoms with Gasteiger partial charge in [0.15, 0.2) is 0 Å². The summed E-state index contributed by atoms with van der Waals surface area (Å²) >= 11 is 0. The number of aromatic hydroxyl groups is 1. The highest BCUT2D eigenvalue weighted by Crippen LogP contribution is 2.13. The van der Waals surface area contributed by atoms with E-state index in [4.69, 9.17) is 5.11 Å². The maximum atomic E-state index is 12.6. The lowest BCUT2D eigenvalue weighted by atomic mass is 10.2. The zero-order valence-electron chi connectivity index (χ0n) is 8.10. The van der Waals surface area contributed by atoms with Crippen LogP contribution in [0.25, 0.3) is 0 Å². The third kappa shape index (κ3) is 2.56. The molecule has 0 bridgehead atoms. The average Bonchev–Trinajstić information content (AvgIpc) is 2.25. The quantitative estimate of drug-likeness (QED) is 0.803. The zero-order valence-corrected chi connectivity index (χ0v) is 8.10. The number of rotatable bonds is 2. The topological polar surface area (TPSA) is 35.8 Å². The van der Waals surface area contributed by atoms with E-state index in [0.29, 0.717) is 13.2 Å². The fraction of sp³-hybridized carbons (Fsp3) is 0.182. The average molecular weight is 206 g/mol. The van der Waals surface area contributed by atoms with Crippen LogP contribution < -0.4 is 0 Å². The van der Waals surface area contributed by atoms with E-state index in [9.17, 15) is 4.39 Å². The van der Waals surface area contributed by atoms with Crippen LogP contribution >= 0.6 is 0 Å². The van der Waals surface area contributed by atoms with Crippen molar-refractivity contribution in [2.24, 2.45) is 4.99 Å². The molecule has 0 unspecified atom stereocenters. The van der Waals surface area contributed by atoms with Crippen LogP contribution in [-0.4, -0.2) is 22.6 Å². The summed E-state index contributed by atoms with van der Waals surface area (Å²) in [5, 5.41) is 9.10. The molecule has 0 spiro atoms. The SMILES string of the molecule is Oc1ccc(CN2C=CC(F)=NC2)cc1. The van der Waals surface area contributed by atoms with Crippen LogP contribution in [0, 0.1) is 0 Å². The fourth-order valence-corrected chi connectivity index (χ4v) is 1.36. The van der Waals surface area contributed by atoms with Crippen LogP contribution in [0.15, 0.2) is 41.5 Å². The fourth-order valence-electron chi connectivity index (χ4n) is 1.36. The van der Waals surface area contributed by atoms with E-state index in [2.05, 4.69) is 4.99 Å². The van der Waals surface area contributed by atoms with Gasteiger partial charge in [0.2, 0.25) is 5.97 Å². The van der Waals surface area contributed by atoms with Gasteiger partial charge in [-0.2, -0.15) is 4.39 Å². The van der Waals surface area contributed by atoms with Crippen LogP contribution in [-0.2, 0) is 6.54 Å². The van der Waals surface area contributed by atoms with Gasteiger partial charge in [0, 0.05) is 18.8 Å². The second-order valence-electron chi connectivity index (χ2n) is 3.35. The largest absolute Gasteiger partial charge is 0.508 e. The number of nitrogens with zero attached hydrogens (tertiary/aromatic N) is 2. The molecule has 0 amide bonds. The summed E-state index contributed by atoms with van der Waals surface area (Å²) in [5.41, 5.74) is 1.05. The molecule has 0 saturated heterocycles. The smallest absolute Gasteiger partial charge is 0.211 e. The summed E-state index contributed by atoms with van der Waals surface area (Å²) in [4.78, 5) is 5.55. The van der Waals surface area contributed by atoms with E-state index in [1.165, 1.54) is 6.08 Å². The van der Waals surface area contributed by atoms with Crippen molar-refractivity contribution in [1.29, 1.82) is 0 Å². The van der Waals surface area contributed by atoms with Crippen molar-refractivity contribution in [3.8, 4) is 5.75 Å². The second kappa shape index (κ2) is 4.13. The Morgan fingerprint density at radius 2 is 2.07 bits per heavy atom. The normalized spacial score (nSPS) is 15.3. The van der Waals surface area contributed by atoms with E-state index in [1.807, 2.05) is 17.0 Å². The molecular formula is C11H11FN2O. The third-order valence-electron chi connectivity index (χ3n) is 2.15. The zero-order chi connectivity index (χ0) is 10.7. The minimum atomic E-state index is -0.433. The molecule has 0 fully saturated rings. The van der Waals surface area contributed by atoms with Crippen LogP contribution in [0.2, 0.25) is 0 Å². The maximum absolute atomic E-state index is 12.6. The monoisotopic (exact) mass is 206 g/mol. The summed E-state index contributed by atoms with van der Waals surface area (Å²) in [6, 6.07) is 6.93. The van der Waals surface area contributed by atoms with Crippen molar-refractivity contribution in [3.05, 3.63) is 42.1 Å². The lowest BCUT2D eigenvalue weighted by molar-refractivity contribution is 0.374. The number of phenols is 1. The van der Waals surface area contributed by atoms with Gasteiger partial charge in [0.1, 0.15) is 12.4 Å². The molecule has 1 N–H and O–H groups in total. The first-order valence-electron chi connectivity index (χ1n) is 4.64. The number of halogens is 1. The molecular weight excluding hydrogens is 195 g/mol. The van der Waals surface area contributed by atoms with Crippen molar-refractivity contribution >= 4 is 5.97 Å². The highest BCUT2D eigenvalue weighted by Gasteiger charge is 2.05. The van der Waals surface area contributed by atoms with Gasteiger partial charge >= 0.3 is 0 Å². The number of allylic oxidation sites excluding steroid dienone is 1. The van der Waals surface area contributed by atoms with E-state index < -0.39 is 5.97 Å². The molecule has 1 aromatic rings. The Bertz CT molecular complexity index is 398. The molecule has 78 valence electrons. The molecule has 0 atom stereocenters. The molecule has 2 rings (SSSR count). The van der Waals surface area contributed by atoms with E-state index in [0.717, 1.165) is 5.56 Å². The minimum Gasteiger partial charge on any atom is -0.508 e. The Morgan fingerprint density at radius 1 is 1.33 bits per heavy atom. The lowest BCUT2D eigenvalue weighted by Crippen LogP contribution is -2.20. The Labute approximate surface area is 87.2 Å². The van der Waals surface area contributed by atoms with Crippen molar-refractivity contribution < 1.29 is 9.50 Å². The molecule has 4 heteroatoms. The molecule has 1 aromatic carbocycles. The number of aliphatic imine (C=N–C) groups is 1. The molecule has 1 heterocycles. The van der Waals surface area contributed by atoms with Gasteiger partial charge in [-0.15, -0.1) is 0 Å². The number of benzene rings is 1. The van der Waals surface area contributed by atoms with E-state index >= 15 is 0 Å². The summed E-state index contributed by atoms with van der Waals surface area (Å²) in [6.45, 7) is 0.997. The minimum absolute atomic E-state index is 0.247. The molecule has 0 aliphatic carbocycles. The van der Waals surface area contributed by atoms with E-state index in [1.54, 1.807) is 18.3 Å². The molecule has 0 saturated carbocycles. The van der Waals surface area contributed by atoms with Gasteiger partial charge in [-0.25, -0.2) is 4.99 Å². The predicted molar refractivity (Wildman–Crippen MR) is 56.2 cm³/mol. The number of hydrogen-bond donors (Lipinski definition) is 1. The second-order valence-corrected chi connectivity index (χ2v) is 3.35. The molecule has 3 nitrogen and oxygen atoms in total. The Balaban J connectivity index is 1.99. The third-order valence-corrected chi connectivity index (χ3v) is 2.15. The molecule has 0 aromatic heterocycles. The van der Waals surface area contributed by atoms with Gasteiger partial charge in [0.05, 0.1) is 0 Å². The molecule has 1 aliphatic rings. The van der Waals surface area contributed by atoms with Gasteiger partial charge in [-0.05, 0) is 17.7 Å². The van der Waals surface area contributed by atoms with Gasteiger partial charge in [0.25, 0.3) is 0 Å². The van der Waals surface area contributed by atoms with Crippen LogP contribution in [0.5, 0.6) is 5.75 Å². The predicted octanol–water partition coefficient (Wildman–Crippen LogP) is 2.05. The van der Waals surface area contributed by atoms with Gasteiger partial charge < -0.3 is 10.0 Å². The van der Waals surface area contributed by atoms with Crippen LogP contribution in [0.3, 0.4) is 0 Å². The summed E-state index contributed by atoms with van der Waals surface area (Å²) in [6.07, 6.45) is 3.01. The Hall–Kier alpha value is -1.84. The van der Waals surface area contributed by atoms with E-state index in [-0.39, 0.29) is 5.75 Å². The first-order valence-corrected chi connectivity index (χ1v) is 4.64. The molecule has 15 heavy (non-hydrogen) atoms. The Morgan fingerprint density at radius 3 is 2.67 bits per heavy atom. The Kier molecular flexibility index (Phi) is 2.67.